The molecule has 4 heterocycles. The average Bonchev–Trinajstić information content (AvgIpc) is 3.47. The number of halogens is 4. The highest BCUT2D eigenvalue weighted by Crippen LogP contribution is 2.68. The summed E-state index contributed by atoms with van der Waals surface area (Å²) < 4.78 is 63.8. The van der Waals surface area contributed by atoms with Crippen molar-refractivity contribution in [2.45, 2.75) is 61.5 Å². The summed E-state index contributed by atoms with van der Waals surface area (Å²) in [6.45, 7) is 9.53. The molecule has 5 rings (SSSR count). The van der Waals surface area contributed by atoms with Gasteiger partial charge in [0, 0.05) is 21.0 Å². The van der Waals surface area contributed by atoms with Crippen LogP contribution in [-0.2, 0) is 0 Å². The molecule has 0 aliphatic carbocycles. The predicted molar refractivity (Wildman–Crippen MR) is 184 cm³/mol. The zero-order valence-electron chi connectivity index (χ0n) is 23.3. The monoisotopic (exact) mass is 744 g/mol. The Labute approximate surface area is 286 Å². The first kappa shape index (κ1) is 35.5. The highest BCUT2D eigenvalue weighted by molar-refractivity contribution is 8.45. The molecule has 0 amide bonds. The van der Waals surface area contributed by atoms with Gasteiger partial charge in [-0.1, -0.05) is 74.7 Å². The van der Waals surface area contributed by atoms with Crippen LogP contribution in [0.4, 0.5) is 17.6 Å². The van der Waals surface area contributed by atoms with Gasteiger partial charge in [0.1, 0.15) is 35.4 Å². The number of nitriles is 4. The van der Waals surface area contributed by atoms with Crippen molar-refractivity contribution in [3.8, 4) is 24.3 Å². The topological polar surface area (TPSA) is 95.2 Å². The van der Waals surface area contributed by atoms with Crippen molar-refractivity contribution < 1.29 is 17.6 Å². The number of benzene rings is 1. The maximum Gasteiger partial charge on any atom is 0.171 e. The van der Waals surface area contributed by atoms with Crippen LogP contribution in [0.2, 0.25) is 0 Å². The minimum atomic E-state index is -2.03. The fraction of sp³-hybridized carbons (Fsp3) is 0.357. The van der Waals surface area contributed by atoms with Gasteiger partial charge in [-0.15, -0.1) is 47.0 Å². The van der Waals surface area contributed by atoms with Crippen LogP contribution < -0.4 is 10.4 Å². The summed E-state index contributed by atoms with van der Waals surface area (Å²) in [6, 6.07) is 4.34. The van der Waals surface area contributed by atoms with E-state index in [9.17, 15) is 17.6 Å². The van der Waals surface area contributed by atoms with Crippen LogP contribution in [0.25, 0.3) is 11.1 Å². The van der Waals surface area contributed by atoms with Crippen LogP contribution in [-0.4, -0.2) is 21.0 Å². The van der Waals surface area contributed by atoms with E-state index in [0.717, 1.165) is 45.3 Å². The lowest BCUT2D eigenvalue weighted by Crippen LogP contribution is -2.31. The molecule has 4 aliphatic heterocycles. The van der Waals surface area contributed by atoms with Gasteiger partial charge in [-0.2, -0.15) is 21.0 Å². The van der Waals surface area contributed by atoms with Gasteiger partial charge >= 0.3 is 0 Å². The molecule has 44 heavy (non-hydrogen) atoms. The Balaban J connectivity index is 0.000000205. The molecule has 4 nitrogen and oxygen atoms in total. The molecule has 0 unspecified atom stereocenters. The molecule has 1 aromatic rings. The first-order valence-electron chi connectivity index (χ1n) is 12.7. The third-order valence-corrected chi connectivity index (χ3v) is 17.9. The van der Waals surface area contributed by atoms with Gasteiger partial charge in [0.05, 0.1) is 35.9 Å². The first-order chi connectivity index (χ1) is 20.9. The van der Waals surface area contributed by atoms with Gasteiger partial charge in [0.2, 0.25) is 0 Å². The van der Waals surface area contributed by atoms with Crippen molar-refractivity contribution >= 4 is 105 Å². The molecule has 0 saturated carbocycles. The minimum absolute atomic E-state index is 0.740. The van der Waals surface area contributed by atoms with E-state index in [1.165, 1.54) is 21.3 Å². The molecule has 0 saturated heterocycles. The SMILES string of the molecule is C[C@H]1C[C@H](C)SC2=C(SC(=C3SC4=C(S3)S[C@@H](C)C[C@H](C)S4)S2)S1.N#CC(C#N)=c1c(F)c(F)c(=C(C#N)C#N)c(F)c1F. The largest absolute Gasteiger partial charge is 0.203 e. The molecule has 0 spiro atoms. The molecule has 228 valence electrons. The van der Waals surface area contributed by atoms with E-state index in [1.54, 1.807) is 16.9 Å². The Bertz CT molecular complexity index is 1550. The third-order valence-electron chi connectivity index (χ3n) is 6.01. The summed E-state index contributed by atoms with van der Waals surface area (Å²) in [5, 5.41) is 33.9. The van der Waals surface area contributed by atoms with Gasteiger partial charge in [-0.05, 0) is 12.8 Å². The van der Waals surface area contributed by atoms with Crippen LogP contribution in [0.1, 0.15) is 40.5 Å². The Morgan fingerprint density at radius 3 is 0.909 bits per heavy atom. The van der Waals surface area contributed by atoms with Gasteiger partial charge in [-0.3, -0.25) is 0 Å². The summed E-state index contributed by atoms with van der Waals surface area (Å²) >= 11 is 16.6. The van der Waals surface area contributed by atoms with Crippen molar-refractivity contribution in [3.63, 3.8) is 0 Å². The van der Waals surface area contributed by atoms with Gasteiger partial charge in [0.15, 0.2) is 23.3 Å². The van der Waals surface area contributed by atoms with Crippen molar-refractivity contribution in [3.05, 3.63) is 59.1 Å². The lowest BCUT2D eigenvalue weighted by atomic mass is 10.1. The molecule has 0 N–H and O–H groups in total. The molecular formula is C28H20F4N4S8. The molecule has 4 aliphatic rings. The van der Waals surface area contributed by atoms with E-state index < -0.39 is 44.9 Å². The normalized spacial score (nSPS) is 24.5. The Morgan fingerprint density at radius 2 is 0.705 bits per heavy atom. The van der Waals surface area contributed by atoms with Crippen molar-refractivity contribution in [1.29, 1.82) is 21.0 Å². The highest BCUT2D eigenvalue weighted by atomic mass is 32.3. The Kier molecular flexibility index (Phi) is 12.5. The quantitative estimate of drug-likeness (QED) is 0.187. The molecule has 1 aromatic carbocycles. The standard InChI is InChI=1S/C16H20S8.C12F4N4/c1-7-5-8(2)18-12-11(17-7)21-15(22-12)16-23-13-14(24-16)20-10(4)6-9(3)19-13;13-9-7(5(1-17)2-18)10(14)12(16)8(11(9)15)6(3-19)4-20/h7-10H,5-6H2,1-4H3;/t7-,8-,9-,10-;/m0./s1. The van der Waals surface area contributed by atoms with E-state index >= 15 is 0 Å². The minimum Gasteiger partial charge on any atom is -0.203 e. The van der Waals surface area contributed by atoms with Crippen LogP contribution in [0.5, 0.6) is 0 Å². The number of thioether (sulfide) groups is 8. The van der Waals surface area contributed by atoms with Crippen LogP contribution in [0.15, 0.2) is 25.4 Å². The predicted octanol–water partition coefficient (Wildman–Crippen LogP) is 9.26. The number of nitrogens with zero attached hydrogens (tertiary/aromatic N) is 4. The van der Waals surface area contributed by atoms with E-state index in [4.69, 9.17) is 21.0 Å². The molecule has 4 atom stereocenters. The van der Waals surface area contributed by atoms with Crippen molar-refractivity contribution in [2.24, 2.45) is 0 Å². The smallest absolute Gasteiger partial charge is 0.171 e. The lowest BCUT2D eigenvalue weighted by molar-refractivity contribution is 0.434. The molecule has 0 aromatic heterocycles. The third kappa shape index (κ3) is 7.78. The summed E-state index contributed by atoms with van der Waals surface area (Å²) in [6.07, 6.45) is 2.63. The summed E-state index contributed by atoms with van der Waals surface area (Å²) in [5.41, 5.74) is -2.36. The number of rotatable bonds is 0. The van der Waals surface area contributed by atoms with Gasteiger partial charge < -0.3 is 0 Å². The second-order valence-electron chi connectivity index (χ2n) is 9.52. The maximum absolute atomic E-state index is 13.6. The van der Waals surface area contributed by atoms with Gasteiger partial charge in [-0.25, -0.2) is 17.6 Å². The molecular weight excluding hydrogens is 725 g/mol. The molecule has 0 bridgehead atoms. The summed E-state index contributed by atoms with van der Waals surface area (Å²) in [7, 11) is 0. The summed E-state index contributed by atoms with van der Waals surface area (Å²) in [5.74, 6) is -8.11. The van der Waals surface area contributed by atoms with E-state index in [0.29, 0.717) is 0 Å². The highest BCUT2D eigenvalue weighted by Gasteiger charge is 2.35. The molecule has 16 heteroatoms. The second-order valence-corrected chi connectivity index (χ2v) is 20.9. The number of hydrogen-bond donors (Lipinski definition) is 0. The van der Waals surface area contributed by atoms with Crippen molar-refractivity contribution in [1.82, 2.24) is 0 Å². The zero-order chi connectivity index (χ0) is 32.3. The Morgan fingerprint density at radius 1 is 0.477 bits per heavy atom. The van der Waals surface area contributed by atoms with Crippen LogP contribution in [0, 0.1) is 68.6 Å². The van der Waals surface area contributed by atoms with Crippen LogP contribution >= 0.6 is 94.1 Å². The Hall–Kier alpha value is -1.34. The second kappa shape index (κ2) is 15.5. The summed E-state index contributed by atoms with van der Waals surface area (Å²) in [4.78, 5) is 0. The van der Waals surface area contributed by atoms with E-state index in [-0.39, 0.29) is 0 Å². The van der Waals surface area contributed by atoms with Crippen LogP contribution in [0.3, 0.4) is 0 Å². The lowest BCUT2D eigenvalue weighted by Gasteiger charge is -2.14. The molecule has 0 radical (unpaired) electrons. The van der Waals surface area contributed by atoms with E-state index in [1.807, 2.05) is 47.0 Å². The zero-order valence-corrected chi connectivity index (χ0v) is 29.8. The fourth-order valence-electron chi connectivity index (χ4n) is 4.20. The maximum atomic E-state index is 13.6. The number of hydrogen-bond acceptors (Lipinski definition) is 12. The fourth-order valence-corrected chi connectivity index (χ4v) is 18.0. The first-order valence-corrected chi connectivity index (χ1v) is 19.5. The van der Waals surface area contributed by atoms with Gasteiger partial charge in [0.25, 0.3) is 0 Å². The van der Waals surface area contributed by atoms with Crippen molar-refractivity contribution in [2.75, 3.05) is 0 Å². The van der Waals surface area contributed by atoms with E-state index in [2.05, 4.69) is 74.7 Å². The average molecular weight is 745 g/mol. The molecule has 0 fully saturated rings.